The van der Waals surface area contributed by atoms with Crippen molar-refractivity contribution in [1.82, 2.24) is 14.5 Å². The van der Waals surface area contributed by atoms with Gasteiger partial charge in [-0.2, -0.15) is 13.2 Å². The Kier molecular flexibility index (Phi) is 7.29. The average molecular weight is 423 g/mol. The first-order chi connectivity index (χ1) is 13.0. The van der Waals surface area contributed by atoms with E-state index in [1.807, 2.05) is 5.32 Å². The molecule has 1 heterocycles. The number of sulfonamides is 1. The third-order valence-corrected chi connectivity index (χ3v) is 6.21. The van der Waals surface area contributed by atoms with Crippen molar-refractivity contribution in [2.45, 2.75) is 30.0 Å². The fourth-order valence-corrected chi connectivity index (χ4v) is 3.80. The minimum absolute atomic E-state index is 0.144. The molecule has 0 bridgehead atoms. The molecule has 1 N–H and O–H groups in total. The van der Waals surface area contributed by atoms with Crippen LogP contribution in [0.15, 0.2) is 29.2 Å². The molecule has 7 nitrogen and oxygen atoms in total. The van der Waals surface area contributed by atoms with Gasteiger partial charge >= 0.3 is 6.18 Å². The third-order valence-electron chi connectivity index (χ3n) is 4.38. The summed E-state index contributed by atoms with van der Waals surface area (Å²) < 4.78 is 67.5. The van der Waals surface area contributed by atoms with E-state index >= 15 is 0 Å². The Labute approximate surface area is 162 Å². The fourth-order valence-electron chi connectivity index (χ4n) is 2.90. The van der Waals surface area contributed by atoms with Gasteiger partial charge in [-0.25, -0.2) is 12.7 Å². The number of carbonyl (C=O) groups is 1. The second kappa shape index (κ2) is 9.10. The van der Waals surface area contributed by atoms with Gasteiger partial charge in [-0.1, -0.05) is 0 Å². The van der Waals surface area contributed by atoms with Crippen LogP contribution < -0.4 is 10.1 Å². The van der Waals surface area contributed by atoms with Gasteiger partial charge in [0.25, 0.3) is 0 Å². The van der Waals surface area contributed by atoms with E-state index in [-0.39, 0.29) is 11.5 Å². The summed E-state index contributed by atoms with van der Waals surface area (Å²) in [5.41, 5.74) is 0. The van der Waals surface area contributed by atoms with Crippen LogP contribution in [-0.4, -0.2) is 76.1 Å². The van der Waals surface area contributed by atoms with Crippen LogP contribution in [0, 0.1) is 0 Å². The fraction of sp³-hybridized carbons (Fsp3) is 0.588. The first-order valence-electron chi connectivity index (χ1n) is 8.74. The molecule has 0 aromatic heterocycles. The molecule has 1 aliphatic heterocycles. The second-order valence-corrected chi connectivity index (χ2v) is 8.79. The molecule has 28 heavy (non-hydrogen) atoms. The normalized spacial score (nSPS) is 18.4. The lowest BCUT2D eigenvalue weighted by Crippen LogP contribution is -2.46. The van der Waals surface area contributed by atoms with Crippen LogP contribution in [0.3, 0.4) is 0 Å². The highest BCUT2D eigenvalue weighted by Crippen LogP contribution is 2.20. The van der Waals surface area contributed by atoms with Crippen molar-refractivity contribution in [2.24, 2.45) is 0 Å². The number of hydrogen-bond donors (Lipinski definition) is 1. The zero-order valence-corrected chi connectivity index (χ0v) is 16.5. The van der Waals surface area contributed by atoms with Gasteiger partial charge in [0, 0.05) is 20.6 Å². The first kappa shape index (κ1) is 22.4. The maximum absolute atomic E-state index is 12.2. The summed E-state index contributed by atoms with van der Waals surface area (Å²) in [5.74, 6) is -0.164. The number of hydrogen-bond acceptors (Lipinski definition) is 5. The number of likely N-dealkylation sites (tertiary alicyclic amines) is 1. The minimum atomic E-state index is -4.44. The highest BCUT2D eigenvalue weighted by Gasteiger charge is 2.33. The van der Waals surface area contributed by atoms with E-state index in [4.69, 9.17) is 4.74 Å². The highest BCUT2D eigenvalue weighted by atomic mass is 32.2. The predicted octanol–water partition coefficient (Wildman–Crippen LogP) is 1.46. The lowest BCUT2D eigenvalue weighted by Gasteiger charge is -2.24. The molecule has 1 aliphatic rings. The van der Waals surface area contributed by atoms with Gasteiger partial charge in [-0.05, 0) is 43.7 Å². The molecular weight excluding hydrogens is 399 g/mol. The van der Waals surface area contributed by atoms with Crippen LogP contribution in [0.1, 0.15) is 12.8 Å². The second-order valence-electron chi connectivity index (χ2n) is 6.63. The Morgan fingerprint density at radius 3 is 2.50 bits per heavy atom. The Hall–Kier alpha value is -1.85. The summed E-state index contributed by atoms with van der Waals surface area (Å²) in [5, 5.41) is 1.92. The van der Waals surface area contributed by atoms with Gasteiger partial charge in [-0.3, -0.25) is 9.69 Å². The Bertz CT molecular complexity index is 767. The molecule has 1 atom stereocenters. The Morgan fingerprint density at radius 1 is 1.29 bits per heavy atom. The van der Waals surface area contributed by atoms with Crippen molar-refractivity contribution >= 4 is 15.9 Å². The molecule has 0 aliphatic carbocycles. The quantitative estimate of drug-likeness (QED) is 0.685. The molecule has 0 spiro atoms. The van der Waals surface area contributed by atoms with Crippen molar-refractivity contribution < 1.29 is 31.1 Å². The number of benzene rings is 1. The lowest BCUT2D eigenvalue weighted by molar-refractivity contribution is -0.141. The smallest absolute Gasteiger partial charge is 0.405 e. The molecule has 1 aromatic carbocycles. The number of amides is 1. The summed E-state index contributed by atoms with van der Waals surface area (Å²) in [6, 6.07) is 5.35. The van der Waals surface area contributed by atoms with E-state index < -0.39 is 34.7 Å². The molecule has 2 rings (SSSR count). The van der Waals surface area contributed by atoms with E-state index in [1.165, 1.54) is 38.4 Å². The molecule has 11 heteroatoms. The minimum Gasteiger partial charge on any atom is -0.492 e. The molecule has 1 saturated heterocycles. The monoisotopic (exact) mass is 423 g/mol. The molecule has 1 fully saturated rings. The zero-order chi connectivity index (χ0) is 20.9. The van der Waals surface area contributed by atoms with E-state index in [0.717, 1.165) is 10.7 Å². The van der Waals surface area contributed by atoms with Gasteiger partial charge in [0.15, 0.2) is 0 Å². The van der Waals surface area contributed by atoms with Crippen LogP contribution in [0.25, 0.3) is 0 Å². The topological polar surface area (TPSA) is 79.0 Å². The summed E-state index contributed by atoms with van der Waals surface area (Å²) >= 11 is 0. The van der Waals surface area contributed by atoms with Crippen LogP contribution in [-0.2, 0) is 14.8 Å². The maximum Gasteiger partial charge on any atom is 0.405 e. The number of rotatable bonds is 8. The van der Waals surface area contributed by atoms with Crippen molar-refractivity contribution in [3.63, 3.8) is 0 Å². The summed E-state index contributed by atoms with van der Waals surface area (Å²) in [7, 11) is -0.632. The summed E-state index contributed by atoms with van der Waals surface area (Å²) in [4.78, 5) is 13.9. The van der Waals surface area contributed by atoms with E-state index in [2.05, 4.69) is 0 Å². The number of halogens is 3. The standard InChI is InChI=1S/C17H24F3N3O4S/c1-22(2)28(25,26)14-7-5-13(6-8-14)27-11-10-23-9-3-4-15(23)16(24)21-12-17(18,19)20/h5-8,15H,3-4,9-12H2,1-2H3,(H,21,24)/t15-/m0/s1. The van der Waals surface area contributed by atoms with E-state index in [0.29, 0.717) is 25.3 Å². The van der Waals surface area contributed by atoms with Crippen molar-refractivity contribution in [3.05, 3.63) is 24.3 Å². The predicted molar refractivity (Wildman–Crippen MR) is 96.5 cm³/mol. The SMILES string of the molecule is CN(C)S(=O)(=O)c1ccc(OCCN2CCC[C@H]2C(=O)NCC(F)(F)F)cc1. The van der Waals surface area contributed by atoms with Gasteiger partial charge in [0.1, 0.15) is 18.9 Å². The van der Waals surface area contributed by atoms with Gasteiger partial charge in [-0.15, -0.1) is 0 Å². The van der Waals surface area contributed by atoms with Crippen LogP contribution in [0.4, 0.5) is 13.2 Å². The van der Waals surface area contributed by atoms with Crippen molar-refractivity contribution in [1.29, 1.82) is 0 Å². The molecule has 0 unspecified atom stereocenters. The van der Waals surface area contributed by atoms with E-state index in [1.54, 1.807) is 4.90 Å². The molecular formula is C17H24F3N3O4S. The first-order valence-corrected chi connectivity index (χ1v) is 10.2. The van der Waals surface area contributed by atoms with Crippen molar-refractivity contribution in [2.75, 3.05) is 40.3 Å². The van der Waals surface area contributed by atoms with Crippen LogP contribution >= 0.6 is 0 Å². The maximum atomic E-state index is 12.2. The Balaban J connectivity index is 1.84. The number of nitrogens with zero attached hydrogens (tertiary/aromatic N) is 2. The zero-order valence-electron chi connectivity index (χ0n) is 15.7. The van der Waals surface area contributed by atoms with Gasteiger partial charge in [0.05, 0.1) is 10.9 Å². The Morgan fingerprint density at radius 2 is 1.93 bits per heavy atom. The summed E-state index contributed by atoms with van der Waals surface area (Å²) in [6.07, 6.45) is -3.21. The molecule has 1 amide bonds. The van der Waals surface area contributed by atoms with Crippen molar-refractivity contribution in [3.8, 4) is 5.75 Å². The van der Waals surface area contributed by atoms with Gasteiger partial charge in [0.2, 0.25) is 15.9 Å². The molecule has 0 saturated carbocycles. The van der Waals surface area contributed by atoms with Crippen LogP contribution in [0.5, 0.6) is 5.75 Å². The number of nitrogens with one attached hydrogen (secondary N) is 1. The van der Waals surface area contributed by atoms with E-state index in [9.17, 15) is 26.4 Å². The van der Waals surface area contributed by atoms with Crippen LogP contribution in [0.2, 0.25) is 0 Å². The largest absolute Gasteiger partial charge is 0.492 e. The molecule has 158 valence electrons. The highest BCUT2D eigenvalue weighted by molar-refractivity contribution is 7.89. The molecule has 1 aromatic rings. The average Bonchev–Trinajstić information content (AvgIpc) is 3.08. The number of carbonyl (C=O) groups excluding carboxylic acids is 1. The number of alkyl halides is 3. The van der Waals surface area contributed by atoms with Gasteiger partial charge < -0.3 is 10.1 Å². The summed E-state index contributed by atoms with van der Waals surface area (Å²) in [6.45, 7) is -0.132. The lowest BCUT2D eigenvalue weighted by atomic mass is 10.2. The molecule has 0 radical (unpaired) electrons. The third kappa shape index (κ3) is 6.08. The number of ether oxygens (including phenoxy) is 1.